The van der Waals surface area contributed by atoms with Crippen LogP contribution in [0.1, 0.15) is 60.5 Å². The van der Waals surface area contributed by atoms with Crippen molar-refractivity contribution in [2.75, 3.05) is 26.2 Å². The third-order valence-electron chi connectivity index (χ3n) is 6.65. The van der Waals surface area contributed by atoms with Gasteiger partial charge in [-0.2, -0.15) is 0 Å². The summed E-state index contributed by atoms with van der Waals surface area (Å²) in [5.74, 6) is 0.0659. The predicted octanol–water partition coefficient (Wildman–Crippen LogP) is 4.86. The van der Waals surface area contributed by atoms with E-state index in [2.05, 4.69) is 9.80 Å². The number of ketones is 1. The van der Waals surface area contributed by atoms with E-state index in [-0.39, 0.29) is 22.4 Å². The summed E-state index contributed by atoms with van der Waals surface area (Å²) in [5, 5.41) is 11.9. The zero-order valence-corrected chi connectivity index (χ0v) is 18.0. The van der Waals surface area contributed by atoms with E-state index in [0.717, 1.165) is 51.9 Å². The fraction of sp³-hybridized carbons (Fsp3) is 0.480. The molecular formula is C25H31N3O3. The lowest BCUT2D eigenvalue weighted by Crippen LogP contribution is -2.53. The number of carbonyl (C=O) groups excluding carboxylic acids is 1. The first kappa shape index (κ1) is 21.7. The number of nitrogens with zero attached hydrogens (tertiary/aromatic N) is 3. The molecule has 31 heavy (non-hydrogen) atoms. The van der Waals surface area contributed by atoms with Gasteiger partial charge in [0, 0.05) is 17.2 Å². The number of para-hydroxylation sites is 1. The Morgan fingerprint density at radius 3 is 1.94 bits per heavy atom. The van der Waals surface area contributed by atoms with Crippen molar-refractivity contribution in [3.05, 3.63) is 75.8 Å². The molecule has 0 aliphatic carbocycles. The largest absolute Gasteiger partial charge is 0.294 e. The Bertz CT molecular complexity index is 890. The Kier molecular flexibility index (Phi) is 7.10. The van der Waals surface area contributed by atoms with Crippen molar-refractivity contribution < 1.29 is 9.72 Å². The van der Waals surface area contributed by atoms with E-state index in [1.54, 1.807) is 12.1 Å². The number of hydrogen-bond donors (Lipinski definition) is 0. The van der Waals surface area contributed by atoms with Gasteiger partial charge < -0.3 is 0 Å². The summed E-state index contributed by atoms with van der Waals surface area (Å²) in [6, 6.07) is 15.7. The number of nitro groups is 1. The maximum Gasteiger partial charge on any atom is 0.274 e. The molecule has 0 N–H and O–H groups in total. The van der Waals surface area contributed by atoms with Crippen LogP contribution in [0.3, 0.4) is 0 Å². The Balaban J connectivity index is 1.83. The molecule has 0 saturated carbocycles. The normalized spacial score (nSPS) is 20.1. The Labute approximate surface area is 184 Å². The minimum atomic E-state index is -0.429. The number of rotatable bonds is 7. The predicted molar refractivity (Wildman–Crippen MR) is 121 cm³/mol. The van der Waals surface area contributed by atoms with Crippen LogP contribution in [0, 0.1) is 10.1 Å². The first-order valence-electron chi connectivity index (χ1n) is 11.5. The molecule has 2 aliphatic heterocycles. The molecule has 0 bridgehead atoms. The number of nitro benzene ring substituents is 1. The summed E-state index contributed by atoms with van der Waals surface area (Å²) >= 11 is 0. The Morgan fingerprint density at radius 2 is 1.32 bits per heavy atom. The first-order valence-corrected chi connectivity index (χ1v) is 11.5. The molecule has 6 nitrogen and oxygen atoms in total. The molecule has 2 aromatic rings. The molecule has 0 spiro atoms. The van der Waals surface area contributed by atoms with E-state index in [1.165, 1.54) is 12.8 Å². The molecule has 4 rings (SSSR count). The highest BCUT2D eigenvalue weighted by Gasteiger charge is 2.41. The lowest BCUT2D eigenvalue weighted by molar-refractivity contribution is -0.386. The minimum absolute atomic E-state index is 0.0659. The summed E-state index contributed by atoms with van der Waals surface area (Å²) < 4.78 is 0. The highest BCUT2D eigenvalue weighted by molar-refractivity contribution is 6.00. The minimum Gasteiger partial charge on any atom is -0.294 e. The lowest BCUT2D eigenvalue weighted by Gasteiger charge is -2.44. The van der Waals surface area contributed by atoms with E-state index in [0.29, 0.717) is 11.1 Å². The second kappa shape index (κ2) is 10.2. The van der Waals surface area contributed by atoms with Gasteiger partial charge in [-0.15, -0.1) is 0 Å². The van der Waals surface area contributed by atoms with Gasteiger partial charge in [0.2, 0.25) is 0 Å². The van der Waals surface area contributed by atoms with Crippen LogP contribution in [0.15, 0.2) is 54.6 Å². The van der Waals surface area contributed by atoms with Gasteiger partial charge in [0.05, 0.1) is 17.0 Å². The molecule has 2 aliphatic rings. The van der Waals surface area contributed by atoms with Gasteiger partial charge in [-0.1, -0.05) is 61.4 Å². The molecule has 0 radical (unpaired) electrons. The molecule has 2 fully saturated rings. The second-order valence-corrected chi connectivity index (χ2v) is 8.63. The topological polar surface area (TPSA) is 66.7 Å². The van der Waals surface area contributed by atoms with Gasteiger partial charge in [-0.05, 0) is 51.9 Å². The highest BCUT2D eigenvalue weighted by atomic mass is 16.6. The average Bonchev–Trinajstić information content (AvgIpc) is 2.83. The van der Waals surface area contributed by atoms with Crippen LogP contribution in [0.25, 0.3) is 0 Å². The molecule has 2 saturated heterocycles. The van der Waals surface area contributed by atoms with Crippen molar-refractivity contribution in [1.29, 1.82) is 0 Å². The van der Waals surface area contributed by atoms with Crippen LogP contribution < -0.4 is 0 Å². The molecule has 164 valence electrons. The van der Waals surface area contributed by atoms with E-state index < -0.39 is 6.04 Å². The van der Waals surface area contributed by atoms with Crippen LogP contribution in [-0.4, -0.2) is 52.7 Å². The highest BCUT2D eigenvalue weighted by Crippen LogP contribution is 2.37. The zero-order chi connectivity index (χ0) is 21.6. The molecule has 0 aromatic heterocycles. The van der Waals surface area contributed by atoms with Gasteiger partial charge in [0.15, 0.2) is 5.78 Å². The lowest BCUT2D eigenvalue weighted by atomic mass is 9.87. The van der Waals surface area contributed by atoms with Crippen molar-refractivity contribution >= 4 is 11.5 Å². The molecule has 0 amide bonds. The standard InChI is InChI=1S/C25H31N3O3/c29-25(20-12-4-1-5-13-20)24(27-18-10-3-11-19-27)23(26-16-8-2-9-17-26)21-14-6-7-15-22(21)28(30)31/h1,4-7,12-15,23-24H,2-3,8-11,16-19H2/t23-,24-/m0/s1. The van der Waals surface area contributed by atoms with Crippen LogP contribution in [0.5, 0.6) is 0 Å². The smallest absolute Gasteiger partial charge is 0.274 e. The summed E-state index contributed by atoms with van der Waals surface area (Å²) in [5.41, 5.74) is 1.45. The number of Topliss-reactive ketones (excluding diaryl/α,β-unsaturated/α-hetero) is 1. The number of piperidine rings is 2. The summed E-state index contributed by atoms with van der Waals surface area (Å²) in [7, 11) is 0. The van der Waals surface area contributed by atoms with Crippen LogP contribution >= 0.6 is 0 Å². The summed E-state index contributed by atoms with van der Waals surface area (Å²) in [6.07, 6.45) is 6.57. The summed E-state index contributed by atoms with van der Waals surface area (Å²) in [4.78, 5) is 30.2. The van der Waals surface area contributed by atoms with Crippen LogP contribution in [0.2, 0.25) is 0 Å². The number of likely N-dealkylation sites (tertiary alicyclic amines) is 2. The van der Waals surface area contributed by atoms with Crippen molar-refractivity contribution in [2.45, 2.75) is 50.6 Å². The van der Waals surface area contributed by atoms with Crippen molar-refractivity contribution in [3.8, 4) is 0 Å². The number of carbonyl (C=O) groups is 1. The van der Waals surface area contributed by atoms with Gasteiger partial charge in [-0.25, -0.2) is 0 Å². The molecule has 2 heterocycles. The number of benzene rings is 2. The number of hydrogen-bond acceptors (Lipinski definition) is 5. The SMILES string of the molecule is O=C(c1ccccc1)[C@H]([C@H](c1ccccc1[N+](=O)[O-])N1CCCCC1)N1CCCCC1. The van der Waals surface area contributed by atoms with Gasteiger partial charge in [-0.3, -0.25) is 24.7 Å². The van der Waals surface area contributed by atoms with E-state index in [9.17, 15) is 14.9 Å². The van der Waals surface area contributed by atoms with E-state index in [1.807, 2.05) is 42.5 Å². The second-order valence-electron chi connectivity index (χ2n) is 8.63. The Morgan fingerprint density at radius 1 is 0.774 bits per heavy atom. The van der Waals surface area contributed by atoms with E-state index in [4.69, 9.17) is 0 Å². The van der Waals surface area contributed by atoms with Crippen LogP contribution in [-0.2, 0) is 0 Å². The molecule has 6 heteroatoms. The monoisotopic (exact) mass is 421 g/mol. The van der Waals surface area contributed by atoms with E-state index >= 15 is 0 Å². The molecular weight excluding hydrogens is 390 g/mol. The Hall–Kier alpha value is -2.57. The average molecular weight is 422 g/mol. The van der Waals surface area contributed by atoms with Crippen molar-refractivity contribution in [3.63, 3.8) is 0 Å². The maximum atomic E-state index is 13.9. The zero-order valence-electron chi connectivity index (χ0n) is 18.0. The first-order chi connectivity index (χ1) is 15.2. The molecule has 0 unspecified atom stereocenters. The maximum absolute atomic E-state index is 13.9. The third-order valence-corrected chi connectivity index (χ3v) is 6.65. The van der Waals surface area contributed by atoms with Gasteiger partial charge in [0.25, 0.3) is 5.69 Å². The third kappa shape index (κ3) is 4.86. The molecule has 2 aromatic carbocycles. The fourth-order valence-electron chi connectivity index (χ4n) is 5.15. The van der Waals surface area contributed by atoms with Crippen molar-refractivity contribution in [2.24, 2.45) is 0 Å². The van der Waals surface area contributed by atoms with Gasteiger partial charge in [0.1, 0.15) is 0 Å². The fourth-order valence-corrected chi connectivity index (χ4v) is 5.15. The van der Waals surface area contributed by atoms with Crippen LogP contribution in [0.4, 0.5) is 5.69 Å². The van der Waals surface area contributed by atoms with Crippen molar-refractivity contribution in [1.82, 2.24) is 9.80 Å². The van der Waals surface area contributed by atoms with Gasteiger partial charge >= 0.3 is 0 Å². The molecule has 2 atom stereocenters. The summed E-state index contributed by atoms with van der Waals surface area (Å²) in [6.45, 7) is 3.44. The quantitative estimate of drug-likeness (QED) is 0.363.